The number of carbonyl (C=O) groups is 1. The summed E-state index contributed by atoms with van der Waals surface area (Å²) in [5.41, 5.74) is 12.7. The zero-order valence-electron chi connectivity index (χ0n) is 20.7. The standard InChI is InChI=1S/C26H33F2N7O2/c27-16-13-22(17-5-6-35(23(17)14-16)8-7-34-9-11-37-12-10-34)32-25-18(24(30)36)15-19(28)26(33-25)31-21-4-2-1-3-20(21)29/h5-6,13-15,20-21H,1-4,7-12,29H2,(H2,30,36)(H2,31,32,33)/t20-,21+/m0/s1. The van der Waals surface area contributed by atoms with Gasteiger partial charge in [0, 0.05) is 49.8 Å². The van der Waals surface area contributed by atoms with Crippen LogP contribution in [0.25, 0.3) is 10.9 Å². The highest BCUT2D eigenvalue weighted by atomic mass is 19.1. The second kappa shape index (κ2) is 11.0. The zero-order chi connectivity index (χ0) is 25.9. The van der Waals surface area contributed by atoms with Crippen molar-refractivity contribution in [3.63, 3.8) is 0 Å². The van der Waals surface area contributed by atoms with E-state index in [9.17, 15) is 13.6 Å². The fraction of sp³-hybridized carbons (Fsp3) is 0.462. The normalized spacial score (nSPS) is 20.7. The lowest BCUT2D eigenvalue weighted by molar-refractivity contribution is 0.0365. The fourth-order valence-corrected chi connectivity index (χ4v) is 5.15. The number of nitrogens with zero attached hydrogens (tertiary/aromatic N) is 3. The van der Waals surface area contributed by atoms with Crippen LogP contribution in [0.2, 0.25) is 0 Å². The number of anilines is 3. The summed E-state index contributed by atoms with van der Waals surface area (Å²) < 4.78 is 37.0. The number of nitrogens with two attached hydrogens (primary N) is 2. The number of nitrogens with one attached hydrogen (secondary N) is 2. The molecule has 0 unspecified atom stereocenters. The lowest BCUT2D eigenvalue weighted by Gasteiger charge is -2.30. The van der Waals surface area contributed by atoms with Crippen LogP contribution in [-0.4, -0.2) is 65.3 Å². The van der Waals surface area contributed by atoms with E-state index in [-0.39, 0.29) is 29.3 Å². The van der Waals surface area contributed by atoms with Gasteiger partial charge in [-0.2, -0.15) is 0 Å². The number of hydrogen-bond donors (Lipinski definition) is 4. The van der Waals surface area contributed by atoms with Crippen LogP contribution in [-0.2, 0) is 11.3 Å². The van der Waals surface area contributed by atoms with E-state index in [4.69, 9.17) is 16.2 Å². The highest BCUT2D eigenvalue weighted by molar-refractivity contribution is 6.01. The SMILES string of the molecule is NC(=O)c1cc(F)c(N[C@@H]2CCCC[C@@H]2N)nc1Nc1cc(F)cc2c1ccn2CCN1CCOCC1. The zero-order valence-corrected chi connectivity index (χ0v) is 20.7. The third-order valence-electron chi connectivity index (χ3n) is 7.25. The molecule has 2 aliphatic rings. The van der Waals surface area contributed by atoms with Crippen LogP contribution in [0, 0.1) is 11.6 Å². The molecule has 5 rings (SSSR count). The molecular formula is C26H33F2N7O2. The second-order valence-corrected chi connectivity index (χ2v) is 9.75. The quantitative estimate of drug-likeness (QED) is 0.365. The highest BCUT2D eigenvalue weighted by Crippen LogP contribution is 2.31. The first-order chi connectivity index (χ1) is 17.9. The third kappa shape index (κ3) is 5.68. The summed E-state index contributed by atoms with van der Waals surface area (Å²) in [4.78, 5) is 18.8. The molecule has 37 heavy (non-hydrogen) atoms. The Labute approximate surface area is 214 Å². The predicted octanol–water partition coefficient (Wildman–Crippen LogP) is 3.17. The Hall–Kier alpha value is -3.28. The Kier molecular flexibility index (Phi) is 7.54. The van der Waals surface area contributed by atoms with Gasteiger partial charge in [-0.3, -0.25) is 9.69 Å². The minimum absolute atomic E-state index is 0.0226. The van der Waals surface area contributed by atoms with Gasteiger partial charge in [-0.15, -0.1) is 0 Å². The minimum atomic E-state index is -0.842. The van der Waals surface area contributed by atoms with Crippen LogP contribution in [0.3, 0.4) is 0 Å². The molecule has 2 atom stereocenters. The highest BCUT2D eigenvalue weighted by Gasteiger charge is 2.25. The molecule has 1 amide bonds. The van der Waals surface area contributed by atoms with Crippen molar-refractivity contribution in [1.29, 1.82) is 0 Å². The molecular weight excluding hydrogens is 480 g/mol. The van der Waals surface area contributed by atoms with E-state index < -0.39 is 17.5 Å². The first-order valence-corrected chi connectivity index (χ1v) is 12.8. The maximum atomic E-state index is 14.9. The lowest BCUT2D eigenvalue weighted by Crippen LogP contribution is -2.43. The number of amides is 1. The average molecular weight is 514 g/mol. The van der Waals surface area contributed by atoms with E-state index in [1.54, 1.807) is 0 Å². The van der Waals surface area contributed by atoms with Gasteiger partial charge in [0.05, 0.1) is 30.0 Å². The number of halogens is 2. The Balaban J connectivity index is 1.43. The molecule has 9 nitrogen and oxygen atoms in total. The van der Waals surface area contributed by atoms with Crippen molar-refractivity contribution < 1.29 is 18.3 Å². The van der Waals surface area contributed by atoms with E-state index in [0.717, 1.165) is 56.8 Å². The van der Waals surface area contributed by atoms with Gasteiger partial charge in [0.25, 0.3) is 5.91 Å². The van der Waals surface area contributed by atoms with E-state index in [1.165, 1.54) is 12.1 Å². The van der Waals surface area contributed by atoms with Crippen molar-refractivity contribution in [3.05, 3.63) is 47.7 Å². The van der Waals surface area contributed by atoms with Crippen LogP contribution < -0.4 is 22.1 Å². The van der Waals surface area contributed by atoms with Crippen LogP contribution in [0.1, 0.15) is 36.0 Å². The van der Waals surface area contributed by atoms with Crippen LogP contribution in [0.5, 0.6) is 0 Å². The number of aromatic nitrogens is 2. The Morgan fingerprint density at radius 2 is 1.89 bits per heavy atom. The van der Waals surface area contributed by atoms with Gasteiger partial charge >= 0.3 is 0 Å². The largest absolute Gasteiger partial charge is 0.379 e. The molecule has 2 aromatic heterocycles. The molecule has 1 aliphatic carbocycles. The summed E-state index contributed by atoms with van der Waals surface area (Å²) in [6, 6.07) is 5.48. The van der Waals surface area contributed by atoms with Crippen molar-refractivity contribution >= 4 is 34.1 Å². The van der Waals surface area contributed by atoms with Crippen LogP contribution in [0.15, 0.2) is 30.5 Å². The van der Waals surface area contributed by atoms with Crippen molar-refractivity contribution in [3.8, 4) is 0 Å². The van der Waals surface area contributed by atoms with Gasteiger partial charge in [0.15, 0.2) is 11.6 Å². The molecule has 1 saturated heterocycles. The molecule has 3 aromatic rings. The van der Waals surface area contributed by atoms with E-state index in [2.05, 4.69) is 20.5 Å². The first-order valence-electron chi connectivity index (χ1n) is 12.8. The fourth-order valence-electron chi connectivity index (χ4n) is 5.15. The maximum Gasteiger partial charge on any atom is 0.252 e. The van der Waals surface area contributed by atoms with E-state index >= 15 is 0 Å². The molecule has 3 heterocycles. The summed E-state index contributed by atoms with van der Waals surface area (Å²) >= 11 is 0. The Morgan fingerprint density at radius 1 is 1.11 bits per heavy atom. The summed E-state index contributed by atoms with van der Waals surface area (Å²) in [5, 5.41) is 6.88. The topological polar surface area (TPSA) is 123 Å². The number of ether oxygens (including phenoxy) is 1. The average Bonchev–Trinajstić information content (AvgIpc) is 3.29. The van der Waals surface area contributed by atoms with Crippen molar-refractivity contribution in [2.24, 2.45) is 11.5 Å². The summed E-state index contributed by atoms with van der Waals surface area (Å²) in [5.74, 6) is -1.96. The first kappa shape index (κ1) is 25.4. The summed E-state index contributed by atoms with van der Waals surface area (Å²) in [7, 11) is 0. The molecule has 0 spiro atoms. The third-order valence-corrected chi connectivity index (χ3v) is 7.25. The number of fused-ring (bicyclic) bond motifs is 1. The minimum Gasteiger partial charge on any atom is -0.379 e. The predicted molar refractivity (Wildman–Crippen MR) is 139 cm³/mol. The lowest BCUT2D eigenvalue weighted by atomic mass is 9.91. The number of carbonyl (C=O) groups excluding carboxylic acids is 1. The monoisotopic (exact) mass is 513 g/mol. The number of pyridine rings is 1. The molecule has 1 aromatic carbocycles. The number of hydrogen-bond acceptors (Lipinski definition) is 7. The van der Waals surface area contributed by atoms with Gasteiger partial charge in [-0.1, -0.05) is 12.8 Å². The molecule has 0 radical (unpaired) electrons. The molecule has 0 bridgehead atoms. The Bertz CT molecular complexity index is 1280. The molecule has 1 saturated carbocycles. The van der Waals surface area contributed by atoms with Gasteiger partial charge < -0.3 is 31.4 Å². The summed E-state index contributed by atoms with van der Waals surface area (Å²) in [6.45, 7) is 4.67. The van der Waals surface area contributed by atoms with Gasteiger partial charge in [0.2, 0.25) is 0 Å². The molecule has 198 valence electrons. The van der Waals surface area contributed by atoms with Crippen molar-refractivity contribution in [2.45, 2.75) is 44.3 Å². The van der Waals surface area contributed by atoms with Gasteiger partial charge in [-0.25, -0.2) is 13.8 Å². The van der Waals surface area contributed by atoms with E-state index in [0.29, 0.717) is 31.0 Å². The van der Waals surface area contributed by atoms with Crippen LogP contribution >= 0.6 is 0 Å². The molecule has 1 aliphatic heterocycles. The van der Waals surface area contributed by atoms with Gasteiger partial charge in [-0.05, 0) is 37.1 Å². The summed E-state index contributed by atoms with van der Waals surface area (Å²) in [6.07, 6.45) is 5.56. The smallest absolute Gasteiger partial charge is 0.252 e. The molecule has 2 fully saturated rings. The Morgan fingerprint density at radius 3 is 2.65 bits per heavy atom. The van der Waals surface area contributed by atoms with E-state index in [1.807, 2.05) is 16.8 Å². The molecule has 11 heteroatoms. The molecule has 6 N–H and O–H groups in total. The van der Waals surface area contributed by atoms with Crippen molar-refractivity contribution in [1.82, 2.24) is 14.5 Å². The number of rotatable bonds is 8. The number of primary amides is 1. The van der Waals surface area contributed by atoms with Crippen molar-refractivity contribution in [2.75, 3.05) is 43.5 Å². The maximum absolute atomic E-state index is 14.9. The number of benzene rings is 1. The second-order valence-electron chi connectivity index (χ2n) is 9.75. The van der Waals surface area contributed by atoms with Crippen LogP contribution in [0.4, 0.5) is 26.1 Å². The van der Waals surface area contributed by atoms with Gasteiger partial charge in [0.1, 0.15) is 11.6 Å². The number of morpholine rings is 1.